The fraction of sp³-hybridized carbons (Fsp3) is 0.571. The molecule has 0 aliphatic carbocycles. The van der Waals surface area contributed by atoms with Crippen molar-refractivity contribution in [1.29, 1.82) is 0 Å². The molecule has 1 fully saturated rings. The summed E-state index contributed by atoms with van der Waals surface area (Å²) in [6.45, 7) is 6.06. The van der Waals surface area contributed by atoms with Crippen LogP contribution in [0.1, 0.15) is 25.3 Å². The molecule has 1 heterocycles. The minimum Gasteiger partial charge on any atom is -0.379 e. The standard InChI is InChI=1S/C10H14.C4H9NO/c1-2-3-7-10-8-5-4-6-9-10;1-3-6-4-2-5-1/h4-6,8-9H,2-3,7H2,1H3;5H,1-4H2. The third-order valence-corrected chi connectivity index (χ3v) is 2.51. The lowest BCUT2D eigenvalue weighted by molar-refractivity contribution is 0.109. The van der Waals surface area contributed by atoms with Gasteiger partial charge in [0.05, 0.1) is 13.2 Å². The van der Waals surface area contributed by atoms with Crippen LogP contribution >= 0.6 is 0 Å². The van der Waals surface area contributed by atoms with E-state index in [2.05, 4.69) is 42.6 Å². The van der Waals surface area contributed by atoms with Crippen molar-refractivity contribution in [3.63, 3.8) is 0 Å². The van der Waals surface area contributed by atoms with E-state index in [4.69, 9.17) is 4.74 Å². The topological polar surface area (TPSA) is 21.3 Å². The quantitative estimate of drug-likeness (QED) is 0.847. The third kappa shape index (κ3) is 6.59. The molecule has 1 saturated heterocycles. The molecule has 0 aromatic heterocycles. The van der Waals surface area contributed by atoms with Gasteiger partial charge in [-0.15, -0.1) is 0 Å². The summed E-state index contributed by atoms with van der Waals surface area (Å²) >= 11 is 0. The van der Waals surface area contributed by atoms with Crippen LogP contribution in [0.3, 0.4) is 0 Å². The van der Waals surface area contributed by atoms with Crippen LogP contribution in [-0.4, -0.2) is 26.3 Å². The highest BCUT2D eigenvalue weighted by molar-refractivity contribution is 5.14. The second-order valence-corrected chi connectivity index (χ2v) is 3.95. The van der Waals surface area contributed by atoms with Crippen LogP contribution < -0.4 is 5.32 Å². The van der Waals surface area contributed by atoms with Gasteiger partial charge in [0.2, 0.25) is 0 Å². The van der Waals surface area contributed by atoms with Crippen molar-refractivity contribution in [3.8, 4) is 0 Å². The molecule has 1 aliphatic heterocycles. The Kier molecular flexibility index (Phi) is 7.74. The van der Waals surface area contributed by atoms with Gasteiger partial charge in [-0.2, -0.15) is 0 Å². The highest BCUT2D eigenvalue weighted by atomic mass is 16.5. The van der Waals surface area contributed by atoms with Gasteiger partial charge in [-0.25, -0.2) is 0 Å². The first-order valence-electron chi connectivity index (χ1n) is 6.26. The summed E-state index contributed by atoms with van der Waals surface area (Å²) in [5.41, 5.74) is 1.46. The molecule has 1 aliphatic rings. The monoisotopic (exact) mass is 221 g/mol. The highest BCUT2D eigenvalue weighted by Crippen LogP contribution is 2.03. The third-order valence-electron chi connectivity index (χ3n) is 2.51. The first-order valence-corrected chi connectivity index (χ1v) is 6.26. The van der Waals surface area contributed by atoms with Crippen molar-refractivity contribution >= 4 is 0 Å². The molecule has 0 unspecified atom stereocenters. The molecule has 2 heteroatoms. The Morgan fingerprint density at radius 3 is 2.25 bits per heavy atom. The van der Waals surface area contributed by atoms with Crippen LogP contribution in [0.2, 0.25) is 0 Å². The Balaban J connectivity index is 0.000000181. The molecule has 0 spiro atoms. The average molecular weight is 221 g/mol. The lowest BCUT2D eigenvalue weighted by Crippen LogP contribution is -2.30. The average Bonchev–Trinajstić information content (AvgIpc) is 2.40. The second-order valence-electron chi connectivity index (χ2n) is 3.95. The van der Waals surface area contributed by atoms with E-state index in [-0.39, 0.29) is 0 Å². The van der Waals surface area contributed by atoms with Crippen molar-refractivity contribution in [2.75, 3.05) is 26.3 Å². The smallest absolute Gasteiger partial charge is 0.0591 e. The van der Waals surface area contributed by atoms with E-state index in [9.17, 15) is 0 Å². The predicted molar refractivity (Wildman–Crippen MR) is 68.7 cm³/mol. The first-order chi connectivity index (χ1) is 7.93. The number of rotatable bonds is 3. The van der Waals surface area contributed by atoms with Gasteiger partial charge in [0.25, 0.3) is 0 Å². The normalized spacial score (nSPS) is 15.1. The lowest BCUT2D eigenvalue weighted by atomic mass is 10.1. The maximum Gasteiger partial charge on any atom is 0.0591 e. The van der Waals surface area contributed by atoms with E-state index in [0.717, 1.165) is 26.3 Å². The van der Waals surface area contributed by atoms with Gasteiger partial charge in [0, 0.05) is 13.1 Å². The van der Waals surface area contributed by atoms with E-state index >= 15 is 0 Å². The van der Waals surface area contributed by atoms with Crippen molar-refractivity contribution in [2.24, 2.45) is 0 Å². The summed E-state index contributed by atoms with van der Waals surface area (Å²) in [5.74, 6) is 0. The minimum absolute atomic E-state index is 0.889. The van der Waals surface area contributed by atoms with E-state index < -0.39 is 0 Å². The zero-order valence-electron chi connectivity index (χ0n) is 10.2. The predicted octanol–water partition coefficient (Wildman–Crippen LogP) is 2.64. The van der Waals surface area contributed by atoms with Gasteiger partial charge in [-0.1, -0.05) is 43.7 Å². The minimum atomic E-state index is 0.889. The summed E-state index contributed by atoms with van der Waals surface area (Å²) in [7, 11) is 0. The van der Waals surface area contributed by atoms with Gasteiger partial charge >= 0.3 is 0 Å². The molecule has 1 aromatic carbocycles. The summed E-state index contributed by atoms with van der Waals surface area (Å²) in [5, 5.41) is 3.16. The largest absolute Gasteiger partial charge is 0.379 e. The van der Waals surface area contributed by atoms with Crippen molar-refractivity contribution in [2.45, 2.75) is 26.2 Å². The molecular weight excluding hydrogens is 198 g/mol. The molecule has 2 nitrogen and oxygen atoms in total. The number of morpholine rings is 1. The maximum atomic E-state index is 5.01. The number of hydrogen-bond acceptors (Lipinski definition) is 2. The molecule has 0 saturated carbocycles. The number of hydrogen-bond donors (Lipinski definition) is 1. The number of ether oxygens (including phenoxy) is 1. The van der Waals surface area contributed by atoms with Crippen LogP contribution in [0.15, 0.2) is 30.3 Å². The van der Waals surface area contributed by atoms with Crippen LogP contribution in [-0.2, 0) is 11.2 Å². The second kappa shape index (κ2) is 9.37. The van der Waals surface area contributed by atoms with Gasteiger partial charge in [-0.05, 0) is 18.4 Å². The van der Waals surface area contributed by atoms with Crippen LogP contribution in [0, 0.1) is 0 Å². The molecule has 90 valence electrons. The Hall–Kier alpha value is -0.860. The molecule has 1 aromatic rings. The van der Waals surface area contributed by atoms with Gasteiger partial charge in [0.1, 0.15) is 0 Å². The molecule has 0 amide bonds. The Morgan fingerprint density at radius 2 is 1.81 bits per heavy atom. The lowest BCUT2D eigenvalue weighted by Gasteiger charge is -2.10. The zero-order valence-corrected chi connectivity index (χ0v) is 10.2. The summed E-state index contributed by atoms with van der Waals surface area (Å²) in [4.78, 5) is 0. The van der Waals surface area contributed by atoms with Gasteiger partial charge < -0.3 is 10.1 Å². The van der Waals surface area contributed by atoms with E-state index in [1.807, 2.05) is 0 Å². The molecule has 0 radical (unpaired) electrons. The number of aryl methyl sites for hydroxylation is 1. The summed E-state index contributed by atoms with van der Waals surface area (Å²) in [6.07, 6.45) is 3.83. The fourth-order valence-electron chi connectivity index (χ4n) is 1.54. The molecule has 0 bridgehead atoms. The molecule has 16 heavy (non-hydrogen) atoms. The van der Waals surface area contributed by atoms with Crippen molar-refractivity contribution in [3.05, 3.63) is 35.9 Å². The molecular formula is C14H23NO. The number of nitrogens with one attached hydrogen (secondary N) is 1. The number of unbranched alkanes of at least 4 members (excludes halogenated alkanes) is 1. The van der Waals surface area contributed by atoms with E-state index in [1.54, 1.807) is 0 Å². The van der Waals surface area contributed by atoms with Crippen molar-refractivity contribution in [1.82, 2.24) is 5.32 Å². The maximum absolute atomic E-state index is 5.01. The highest BCUT2D eigenvalue weighted by Gasteiger charge is 1.93. The zero-order chi connectivity index (χ0) is 11.5. The van der Waals surface area contributed by atoms with Crippen LogP contribution in [0.25, 0.3) is 0 Å². The van der Waals surface area contributed by atoms with E-state index in [1.165, 1.54) is 24.8 Å². The number of benzene rings is 1. The molecule has 2 rings (SSSR count). The Bertz CT molecular complexity index is 233. The Morgan fingerprint density at radius 1 is 1.12 bits per heavy atom. The van der Waals surface area contributed by atoms with Crippen molar-refractivity contribution < 1.29 is 4.74 Å². The van der Waals surface area contributed by atoms with Gasteiger partial charge in [0.15, 0.2) is 0 Å². The summed E-state index contributed by atoms with van der Waals surface area (Å²) < 4.78 is 5.01. The first kappa shape index (κ1) is 13.2. The summed E-state index contributed by atoms with van der Waals surface area (Å²) in [6, 6.07) is 10.6. The molecule has 1 N–H and O–H groups in total. The van der Waals surface area contributed by atoms with E-state index in [0.29, 0.717) is 0 Å². The molecule has 0 atom stereocenters. The van der Waals surface area contributed by atoms with Crippen LogP contribution in [0.5, 0.6) is 0 Å². The fourth-order valence-corrected chi connectivity index (χ4v) is 1.54. The van der Waals surface area contributed by atoms with Crippen LogP contribution in [0.4, 0.5) is 0 Å². The SMILES string of the molecule is C1COCCN1.CCCCc1ccccc1. The Labute approximate surface area is 99.0 Å². The van der Waals surface area contributed by atoms with Gasteiger partial charge in [-0.3, -0.25) is 0 Å².